The molecule has 1 aromatic heterocycles. The average molecular weight is 369 g/mol. The van der Waals surface area contributed by atoms with E-state index in [-0.39, 0.29) is 5.69 Å². The molecule has 140 valence electrons. The van der Waals surface area contributed by atoms with E-state index < -0.39 is 41.3 Å². The second kappa shape index (κ2) is 7.19. The highest BCUT2D eigenvalue weighted by atomic mass is 19.4. The zero-order valence-electron chi connectivity index (χ0n) is 14.3. The van der Waals surface area contributed by atoms with E-state index in [4.69, 9.17) is 5.11 Å². The van der Waals surface area contributed by atoms with Gasteiger partial charge in [0.2, 0.25) is 0 Å². The molecule has 0 radical (unpaired) electrons. The van der Waals surface area contributed by atoms with Crippen LogP contribution in [0.4, 0.5) is 13.2 Å². The Labute approximate surface area is 147 Å². The molecule has 0 fully saturated rings. The first-order chi connectivity index (χ1) is 12.0. The Bertz CT molecular complexity index is 830. The average Bonchev–Trinajstić information content (AvgIpc) is 2.99. The first kappa shape index (κ1) is 19.5. The van der Waals surface area contributed by atoms with Crippen molar-refractivity contribution in [2.45, 2.75) is 33.0 Å². The van der Waals surface area contributed by atoms with Crippen LogP contribution in [0.1, 0.15) is 35.5 Å². The number of aliphatic carboxylic acids is 1. The monoisotopic (exact) mass is 369 g/mol. The fraction of sp³-hybridized carbons (Fsp3) is 0.353. The summed E-state index contributed by atoms with van der Waals surface area (Å²) in [5, 5.41) is 15.0. The SMILES string of the molecule is Cc1cccc(-n2ncc(C(=O)NC(C)C(C)C(=O)O)c2C(F)(F)F)c1. The smallest absolute Gasteiger partial charge is 0.434 e. The summed E-state index contributed by atoms with van der Waals surface area (Å²) < 4.78 is 41.4. The summed E-state index contributed by atoms with van der Waals surface area (Å²) in [6.07, 6.45) is -3.99. The minimum atomic E-state index is -4.82. The fourth-order valence-corrected chi connectivity index (χ4v) is 2.37. The summed E-state index contributed by atoms with van der Waals surface area (Å²) in [7, 11) is 0. The van der Waals surface area contributed by atoms with Crippen molar-refractivity contribution in [2.75, 3.05) is 0 Å². The molecule has 2 rings (SSSR count). The van der Waals surface area contributed by atoms with Gasteiger partial charge in [-0.2, -0.15) is 18.3 Å². The number of amides is 1. The second-order valence-electron chi connectivity index (χ2n) is 6.04. The fourth-order valence-electron chi connectivity index (χ4n) is 2.37. The Morgan fingerprint density at radius 1 is 1.27 bits per heavy atom. The van der Waals surface area contributed by atoms with Crippen LogP contribution < -0.4 is 5.32 Å². The van der Waals surface area contributed by atoms with Gasteiger partial charge in [-0.05, 0) is 38.5 Å². The van der Waals surface area contributed by atoms with Gasteiger partial charge in [0, 0.05) is 6.04 Å². The van der Waals surface area contributed by atoms with Crippen LogP contribution in [-0.4, -0.2) is 32.8 Å². The quantitative estimate of drug-likeness (QED) is 0.849. The van der Waals surface area contributed by atoms with Crippen molar-refractivity contribution in [3.05, 3.63) is 47.3 Å². The molecular weight excluding hydrogens is 351 g/mol. The Morgan fingerprint density at radius 3 is 2.46 bits per heavy atom. The topological polar surface area (TPSA) is 84.2 Å². The normalized spacial score (nSPS) is 13.9. The Balaban J connectivity index is 2.44. The number of nitrogens with zero attached hydrogens (tertiary/aromatic N) is 2. The largest absolute Gasteiger partial charge is 0.481 e. The molecule has 26 heavy (non-hydrogen) atoms. The van der Waals surface area contributed by atoms with Gasteiger partial charge >= 0.3 is 12.1 Å². The van der Waals surface area contributed by atoms with Gasteiger partial charge in [-0.3, -0.25) is 9.59 Å². The van der Waals surface area contributed by atoms with Crippen molar-refractivity contribution >= 4 is 11.9 Å². The van der Waals surface area contributed by atoms with Gasteiger partial charge in [0.15, 0.2) is 5.69 Å². The number of benzene rings is 1. The van der Waals surface area contributed by atoms with Gasteiger partial charge < -0.3 is 10.4 Å². The standard InChI is InChI=1S/C17H18F3N3O3/c1-9-5-4-6-12(7-9)23-14(17(18,19)20)13(8-21-23)15(24)22-11(3)10(2)16(25)26/h4-8,10-11H,1-3H3,(H,22,24)(H,25,26). The third-order valence-corrected chi connectivity index (χ3v) is 4.03. The molecule has 0 aliphatic rings. The van der Waals surface area contributed by atoms with E-state index in [1.165, 1.54) is 26.0 Å². The van der Waals surface area contributed by atoms with Crippen LogP contribution in [0.3, 0.4) is 0 Å². The number of carbonyl (C=O) groups is 2. The second-order valence-corrected chi connectivity index (χ2v) is 6.04. The third-order valence-electron chi connectivity index (χ3n) is 4.03. The van der Waals surface area contributed by atoms with Crippen molar-refractivity contribution in [1.82, 2.24) is 15.1 Å². The molecule has 0 saturated heterocycles. The van der Waals surface area contributed by atoms with Crippen LogP contribution in [0, 0.1) is 12.8 Å². The minimum Gasteiger partial charge on any atom is -0.481 e. The highest BCUT2D eigenvalue weighted by Gasteiger charge is 2.41. The lowest BCUT2D eigenvalue weighted by Gasteiger charge is -2.18. The molecule has 6 nitrogen and oxygen atoms in total. The Hall–Kier alpha value is -2.84. The van der Waals surface area contributed by atoms with Crippen molar-refractivity contribution in [1.29, 1.82) is 0 Å². The summed E-state index contributed by atoms with van der Waals surface area (Å²) in [5.41, 5.74) is -0.969. The summed E-state index contributed by atoms with van der Waals surface area (Å²) in [6, 6.07) is 5.42. The Kier molecular flexibility index (Phi) is 5.38. The first-order valence-electron chi connectivity index (χ1n) is 7.78. The lowest BCUT2D eigenvalue weighted by atomic mass is 10.0. The van der Waals surface area contributed by atoms with Crippen LogP contribution in [-0.2, 0) is 11.0 Å². The molecule has 2 aromatic rings. The number of alkyl halides is 3. The van der Waals surface area contributed by atoms with Crippen LogP contribution in [0.25, 0.3) is 5.69 Å². The molecule has 0 aliphatic heterocycles. The van der Waals surface area contributed by atoms with E-state index >= 15 is 0 Å². The number of carbonyl (C=O) groups excluding carboxylic acids is 1. The van der Waals surface area contributed by atoms with E-state index in [0.717, 1.165) is 11.8 Å². The molecule has 2 atom stereocenters. The van der Waals surface area contributed by atoms with E-state index in [1.54, 1.807) is 19.1 Å². The lowest BCUT2D eigenvalue weighted by molar-refractivity contribution is -0.143. The first-order valence-corrected chi connectivity index (χ1v) is 7.78. The van der Waals surface area contributed by atoms with Crippen molar-refractivity contribution < 1.29 is 27.9 Å². The number of rotatable bonds is 5. The van der Waals surface area contributed by atoms with Crippen molar-refractivity contribution in [3.8, 4) is 5.69 Å². The number of hydrogen-bond acceptors (Lipinski definition) is 3. The van der Waals surface area contributed by atoms with Crippen LogP contribution in [0.2, 0.25) is 0 Å². The molecule has 9 heteroatoms. The van der Waals surface area contributed by atoms with Gasteiger partial charge in [0.1, 0.15) is 0 Å². The molecule has 0 spiro atoms. The maximum Gasteiger partial charge on any atom is 0.434 e. The Morgan fingerprint density at radius 2 is 1.92 bits per heavy atom. The number of carboxylic acid groups (broad SMARTS) is 1. The molecule has 2 unspecified atom stereocenters. The van der Waals surface area contributed by atoms with E-state index in [9.17, 15) is 22.8 Å². The van der Waals surface area contributed by atoms with Crippen LogP contribution in [0.5, 0.6) is 0 Å². The molecule has 0 saturated carbocycles. The lowest BCUT2D eigenvalue weighted by Crippen LogP contribution is -2.40. The molecule has 1 aromatic carbocycles. The van der Waals surface area contributed by atoms with E-state index in [1.807, 2.05) is 0 Å². The van der Waals surface area contributed by atoms with E-state index in [2.05, 4.69) is 10.4 Å². The zero-order chi connectivity index (χ0) is 19.6. The third kappa shape index (κ3) is 4.04. The maximum atomic E-state index is 13.6. The van der Waals surface area contributed by atoms with Gasteiger partial charge in [-0.25, -0.2) is 4.68 Å². The number of halogens is 3. The maximum absolute atomic E-state index is 13.6. The number of hydrogen-bond donors (Lipinski definition) is 2. The molecule has 1 amide bonds. The summed E-state index contributed by atoms with van der Waals surface area (Å²) in [5.74, 6) is -3.15. The predicted octanol–water partition coefficient (Wildman–Crippen LogP) is 3.04. The zero-order valence-corrected chi connectivity index (χ0v) is 14.3. The number of aromatic nitrogens is 2. The van der Waals surface area contributed by atoms with Crippen molar-refractivity contribution in [3.63, 3.8) is 0 Å². The molecular formula is C17H18F3N3O3. The number of aryl methyl sites for hydroxylation is 1. The number of nitrogens with one attached hydrogen (secondary N) is 1. The predicted molar refractivity (Wildman–Crippen MR) is 87.0 cm³/mol. The van der Waals surface area contributed by atoms with E-state index in [0.29, 0.717) is 4.68 Å². The molecule has 0 bridgehead atoms. The summed E-state index contributed by atoms with van der Waals surface area (Å²) in [6.45, 7) is 4.49. The van der Waals surface area contributed by atoms with Crippen LogP contribution in [0.15, 0.2) is 30.5 Å². The summed E-state index contributed by atoms with van der Waals surface area (Å²) >= 11 is 0. The van der Waals surface area contributed by atoms with Crippen LogP contribution >= 0.6 is 0 Å². The van der Waals surface area contributed by atoms with Gasteiger partial charge in [0.25, 0.3) is 5.91 Å². The van der Waals surface area contributed by atoms with Gasteiger partial charge in [0.05, 0.1) is 23.4 Å². The summed E-state index contributed by atoms with van der Waals surface area (Å²) in [4.78, 5) is 23.3. The van der Waals surface area contributed by atoms with Gasteiger partial charge in [-0.1, -0.05) is 12.1 Å². The molecule has 2 N–H and O–H groups in total. The molecule has 1 heterocycles. The molecule has 0 aliphatic carbocycles. The highest BCUT2D eigenvalue weighted by molar-refractivity contribution is 5.96. The van der Waals surface area contributed by atoms with Crippen molar-refractivity contribution in [2.24, 2.45) is 5.92 Å². The highest BCUT2D eigenvalue weighted by Crippen LogP contribution is 2.33. The van der Waals surface area contributed by atoms with Gasteiger partial charge in [-0.15, -0.1) is 0 Å². The number of carboxylic acids is 1. The minimum absolute atomic E-state index is 0.170.